The molecule has 0 aromatic heterocycles. The van der Waals surface area contributed by atoms with Crippen molar-refractivity contribution in [1.29, 1.82) is 0 Å². The number of hydrogen-bond acceptors (Lipinski definition) is 2. The van der Waals surface area contributed by atoms with E-state index in [0.717, 1.165) is 19.3 Å². The summed E-state index contributed by atoms with van der Waals surface area (Å²) in [4.78, 5) is 14.0. The van der Waals surface area contributed by atoms with E-state index in [-0.39, 0.29) is 11.7 Å². The number of rotatable bonds is 2. The van der Waals surface area contributed by atoms with Gasteiger partial charge in [-0.15, -0.1) is 0 Å². The van der Waals surface area contributed by atoms with Gasteiger partial charge in [0.25, 0.3) is 0 Å². The van der Waals surface area contributed by atoms with Crippen molar-refractivity contribution < 1.29 is 4.79 Å². The second-order valence-corrected chi connectivity index (χ2v) is 5.46. The van der Waals surface area contributed by atoms with E-state index in [2.05, 4.69) is 19.2 Å². The Morgan fingerprint density at radius 1 is 1.47 bits per heavy atom. The van der Waals surface area contributed by atoms with Crippen molar-refractivity contribution in [3.63, 3.8) is 0 Å². The first-order valence-corrected chi connectivity index (χ1v) is 6.10. The normalized spacial score (nSPS) is 29.7. The van der Waals surface area contributed by atoms with E-state index in [1.165, 1.54) is 12.8 Å². The van der Waals surface area contributed by atoms with Gasteiger partial charge in [-0.2, -0.15) is 0 Å². The number of nitrogens with one attached hydrogen (secondary N) is 1. The Morgan fingerprint density at radius 3 is 2.60 bits per heavy atom. The number of hydrogen-bond donors (Lipinski definition) is 1. The molecule has 1 atom stereocenters. The molecular formula is C12H22N2O. The number of nitrogens with zero attached hydrogens (tertiary/aromatic N) is 1. The van der Waals surface area contributed by atoms with E-state index in [0.29, 0.717) is 11.8 Å². The summed E-state index contributed by atoms with van der Waals surface area (Å²) in [6.07, 6.45) is 5.72. The molecule has 1 spiro atoms. The number of likely N-dealkylation sites (N-methyl/N-ethyl adjacent to an activating group) is 1. The summed E-state index contributed by atoms with van der Waals surface area (Å²) in [6, 6.07) is 0.0631. The highest BCUT2D eigenvalue weighted by Gasteiger charge is 2.49. The third-order valence-electron chi connectivity index (χ3n) is 3.85. The van der Waals surface area contributed by atoms with Gasteiger partial charge < -0.3 is 4.90 Å². The van der Waals surface area contributed by atoms with E-state index < -0.39 is 0 Å². The standard InChI is InChI=1S/C12H22N2O/c1-9(2)8-10-11(15)14(3)12(13-10)6-4-5-7-12/h9-10,13H,4-8H2,1-3H3/t10-/m0/s1. The van der Waals surface area contributed by atoms with Crippen molar-refractivity contribution in [2.75, 3.05) is 7.05 Å². The molecule has 3 heteroatoms. The third-order valence-corrected chi connectivity index (χ3v) is 3.85. The Labute approximate surface area is 92.2 Å². The van der Waals surface area contributed by atoms with Crippen LogP contribution in [-0.4, -0.2) is 29.6 Å². The average molecular weight is 210 g/mol. The van der Waals surface area contributed by atoms with Crippen LogP contribution in [-0.2, 0) is 4.79 Å². The monoisotopic (exact) mass is 210 g/mol. The molecule has 1 heterocycles. The Balaban J connectivity index is 2.10. The van der Waals surface area contributed by atoms with Gasteiger partial charge in [0.2, 0.25) is 5.91 Å². The molecule has 3 nitrogen and oxygen atoms in total. The molecule has 2 fully saturated rings. The van der Waals surface area contributed by atoms with Crippen LogP contribution in [0.25, 0.3) is 0 Å². The van der Waals surface area contributed by atoms with Crippen LogP contribution in [0.2, 0.25) is 0 Å². The van der Waals surface area contributed by atoms with E-state index in [9.17, 15) is 4.79 Å². The molecule has 0 aromatic carbocycles. The van der Waals surface area contributed by atoms with E-state index in [1.54, 1.807) is 0 Å². The molecule has 1 N–H and O–H groups in total. The molecule has 1 aliphatic heterocycles. The summed E-state index contributed by atoms with van der Waals surface area (Å²) in [6.45, 7) is 4.35. The van der Waals surface area contributed by atoms with Crippen LogP contribution >= 0.6 is 0 Å². The van der Waals surface area contributed by atoms with Crippen LogP contribution in [0.5, 0.6) is 0 Å². The fourth-order valence-electron chi connectivity index (χ4n) is 3.00. The summed E-state index contributed by atoms with van der Waals surface area (Å²) < 4.78 is 0. The second-order valence-electron chi connectivity index (χ2n) is 5.46. The van der Waals surface area contributed by atoms with E-state index in [1.807, 2.05) is 11.9 Å². The first-order chi connectivity index (χ1) is 7.05. The van der Waals surface area contributed by atoms with Crippen molar-refractivity contribution >= 4 is 5.91 Å². The van der Waals surface area contributed by atoms with Crippen molar-refractivity contribution in [3.05, 3.63) is 0 Å². The quantitative estimate of drug-likeness (QED) is 0.753. The lowest BCUT2D eigenvalue weighted by molar-refractivity contribution is -0.130. The zero-order chi connectivity index (χ0) is 11.1. The van der Waals surface area contributed by atoms with Crippen LogP contribution < -0.4 is 5.32 Å². The lowest BCUT2D eigenvalue weighted by Gasteiger charge is -2.31. The smallest absolute Gasteiger partial charge is 0.240 e. The van der Waals surface area contributed by atoms with Gasteiger partial charge in [0.1, 0.15) is 0 Å². The summed E-state index contributed by atoms with van der Waals surface area (Å²) in [5.41, 5.74) is 0.0106. The molecule has 0 bridgehead atoms. The van der Waals surface area contributed by atoms with Gasteiger partial charge in [0.05, 0.1) is 11.7 Å². The van der Waals surface area contributed by atoms with Gasteiger partial charge in [0.15, 0.2) is 0 Å². The largest absolute Gasteiger partial charge is 0.326 e. The van der Waals surface area contributed by atoms with Gasteiger partial charge in [-0.1, -0.05) is 13.8 Å². The second kappa shape index (κ2) is 3.78. The van der Waals surface area contributed by atoms with Crippen LogP contribution in [0.3, 0.4) is 0 Å². The summed E-state index contributed by atoms with van der Waals surface area (Å²) in [5, 5.41) is 3.57. The van der Waals surface area contributed by atoms with Crippen LogP contribution in [0.4, 0.5) is 0 Å². The highest BCUT2D eigenvalue weighted by molar-refractivity contribution is 5.84. The predicted molar refractivity (Wildman–Crippen MR) is 60.3 cm³/mol. The number of carbonyl (C=O) groups is 1. The maximum atomic E-state index is 12.1. The summed E-state index contributed by atoms with van der Waals surface area (Å²) in [7, 11) is 1.96. The Morgan fingerprint density at radius 2 is 2.07 bits per heavy atom. The van der Waals surface area contributed by atoms with Gasteiger partial charge >= 0.3 is 0 Å². The molecule has 2 aliphatic rings. The van der Waals surface area contributed by atoms with E-state index in [4.69, 9.17) is 0 Å². The molecular weight excluding hydrogens is 188 g/mol. The van der Waals surface area contributed by atoms with Crippen molar-refractivity contribution in [3.8, 4) is 0 Å². The van der Waals surface area contributed by atoms with Gasteiger partial charge in [-0.25, -0.2) is 0 Å². The Bertz CT molecular complexity index is 256. The van der Waals surface area contributed by atoms with Crippen molar-refractivity contribution in [2.24, 2.45) is 5.92 Å². The summed E-state index contributed by atoms with van der Waals surface area (Å²) >= 11 is 0. The molecule has 1 amide bonds. The molecule has 1 saturated heterocycles. The first-order valence-electron chi connectivity index (χ1n) is 6.10. The van der Waals surface area contributed by atoms with Crippen LogP contribution in [0.15, 0.2) is 0 Å². The molecule has 0 unspecified atom stereocenters. The number of amides is 1. The van der Waals surface area contributed by atoms with Crippen molar-refractivity contribution in [1.82, 2.24) is 10.2 Å². The van der Waals surface area contributed by atoms with Crippen LogP contribution in [0, 0.1) is 5.92 Å². The SMILES string of the molecule is CC(C)C[C@@H]1NC2(CCCC2)N(C)C1=O. The minimum Gasteiger partial charge on any atom is -0.326 e. The molecule has 1 aliphatic carbocycles. The maximum Gasteiger partial charge on any atom is 0.240 e. The predicted octanol–water partition coefficient (Wildman–Crippen LogP) is 1.73. The van der Waals surface area contributed by atoms with Crippen molar-refractivity contribution in [2.45, 2.75) is 57.7 Å². The van der Waals surface area contributed by atoms with Gasteiger partial charge in [-0.05, 0) is 38.0 Å². The highest BCUT2D eigenvalue weighted by Crippen LogP contribution is 2.37. The fourth-order valence-corrected chi connectivity index (χ4v) is 3.00. The highest BCUT2D eigenvalue weighted by atomic mass is 16.2. The summed E-state index contributed by atoms with van der Waals surface area (Å²) in [5.74, 6) is 0.877. The molecule has 0 radical (unpaired) electrons. The Hall–Kier alpha value is -0.570. The molecule has 2 rings (SSSR count). The van der Waals surface area contributed by atoms with E-state index >= 15 is 0 Å². The lowest BCUT2D eigenvalue weighted by atomic mass is 10.0. The minimum atomic E-state index is 0.0106. The lowest BCUT2D eigenvalue weighted by Crippen LogP contribution is -2.48. The third kappa shape index (κ3) is 1.78. The Kier molecular flexibility index (Phi) is 2.75. The molecule has 1 saturated carbocycles. The minimum absolute atomic E-state index is 0.0106. The molecule has 0 aromatic rings. The van der Waals surface area contributed by atoms with Crippen LogP contribution in [0.1, 0.15) is 46.0 Å². The number of carbonyl (C=O) groups excluding carboxylic acids is 1. The zero-order valence-electron chi connectivity index (χ0n) is 10.0. The fraction of sp³-hybridized carbons (Fsp3) is 0.917. The molecule has 86 valence electrons. The zero-order valence-corrected chi connectivity index (χ0v) is 10.0. The van der Waals surface area contributed by atoms with Gasteiger partial charge in [-0.3, -0.25) is 10.1 Å². The average Bonchev–Trinajstić information content (AvgIpc) is 2.70. The van der Waals surface area contributed by atoms with Gasteiger partial charge in [0, 0.05) is 7.05 Å². The topological polar surface area (TPSA) is 32.3 Å². The first kappa shape index (κ1) is 10.9. The maximum absolute atomic E-state index is 12.1. The molecule has 15 heavy (non-hydrogen) atoms.